The molecule has 152 valence electrons. The average molecular weight is 371 g/mol. The highest BCUT2D eigenvalue weighted by Gasteiger charge is 2.05. The molecule has 0 amide bonds. The summed E-state index contributed by atoms with van der Waals surface area (Å²) in [6, 6.07) is 0. The maximum absolute atomic E-state index is 5.70. The molecule has 0 aliphatic carbocycles. The lowest BCUT2D eigenvalue weighted by molar-refractivity contribution is 0.0106. The van der Waals surface area contributed by atoms with E-state index < -0.39 is 0 Å². The van der Waals surface area contributed by atoms with Crippen molar-refractivity contribution in [3.8, 4) is 0 Å². The lowest BCUT2D eigenvalue weighted by Crippen LogP contribution is -2.33. The fourth-order valence-electron chi connectivity index (χ4n) is 2.52. The molecular weight excluding hydrogens is 332 g/mol. The molecular formula is C20H38N2O4. The smallest absolute Gasteiger partial charge is 0.0701 e. The third-order valence-electron chi connectivity index (χ3n) is 4.15. The summed E-state index contributed by atoms with van der Waals surface area (Å²) < 4.78 is 22.8. The average Bonchev–Trinajstić information content (AvgIpc) is 2.65. The topological polar surface area (TPSA) is 43.4 Å². The molecule has 0 N–H and O–H groups in total. The molecule has 0 aromatic rings. The SMILES string of the molecule is C/C=C/CN1CCOCCOCCN(C/C=C/C)CCOCCOCC1. The summed E-state index contributed by atoms with van der Waals surface area (Å²) in [6.45, 7) is 15.0. The molecule has 0 unspecified atom stereocenters. The van der Waals surface area contributed by atoms with Gasteiger partial charge in [-0.05, 0) is 13.8 Å². The van der Waals surface area contributed by atoms with Crippen LogP contribution in [0.1, 0.15) is 13.8 Å². The van der Waals surface area contributed by atoms with Crippen LogP contribution in [0.4, 0.5) is 0 Å². The van der Waals surface area contributed by atoms with Gasteiger partial charge in [-0.3, -0.25) is 9.80 Å². The van der Waals surface area contributed by atoms with Crippen molar-refractivity contribution in [3.63, 3.8) is 0 Å². The molecule has 1 saturated heterocycles. The Labute approximate surface area is 159 Å². The standard InChI is InChI=1S/C20H38N2O4/c1-3-5-7-21-9-13-23-17-19-25-15-11-22(8-6-4-2)12-16-26-20-18-24-14-10-21/h3-6H,7-20H2,1-2H3/b5-3+,6-4+. The van der Waals surface area contributed by atoms with E-state index in [1.165, 1.54) is 0 Å². The van der Waals surface area contributed by atoms with E-state index >= 15 is 0 Å². The molecule has 1 aliphatic rings. The number of hydrogen-bond acceptors (Lipinski definition) is 6. The largest absolute Gasteiger partial charge is 0.378 e. The van der Waals surface area contributed by atoms with Gasteiger partial charge in [0.25, 0.3) is 0 Å². The molecule has 1 rings (SSSR count). The lowest BCUT2D eigenvalue weighted by Gasteiger charge is -2.22. The molecule has 6 heteroatoms. The van der Waals surface area contributed by atoms with Crippen molar-refractivity contribution in [2.24, 2.45) is 0 Å². The van der Waals surface area contributed by atoms with Gasteiger partial charge in [-0.2, -0.15) is 0 Å². The Bertz CT molecular complexity index is 310. The third-order valence-corrected chi connectivity index (χ3v) is 4.15. The summed E-state index contributed by atoms with van der Waals surface area (Å²) in [6.07, 6.45) is 8.48. The molecule has 6 nitrogen and oxygen atoms in total. The Kier molecular flexibility index (Phi) is 15.8. The predicted octanol–water partition coefficient (Wildman–Crippen LogP) is 1.82. The fraction of sp³-hybridized carbons (Fsp3) is 0.800. The van der Waals surface area contributed by atoms with E-state index in [0.29, 0.717) is 26.4 Å². The number of hydrogen-bond donors (Lipinski definition) is 0. The van der Waals surface area contributed by atoms with E-state index in [1.807, 2.05) is 13.8 Å². The van der Waals surface area contributed by atoms with Crippen LogP contribution in [0.2, 0.25) is 0 Å². The summed E-state index contributed by atoms with van der Waals surface area (Å²) in [7, 11) is 0. The van der Waals surface area contributed by atoms with Gasteiger partial charge in [0.15, 0.2) is 0 Å². The second-order valence-corrected chi connectivity index (χ2v) is 6.19. The van der Waals surface area contributed by atoms with Crippen LogP contribution in [0.15, 0.2) is 24.3 Å². The molecule has 0 bridgehead atoms. The fourth-order valence-corrected chi connectivity index (χ4v) is 2.52. The van der Waals surface area contributed by atoms with Gasteiger partial charge in [-0.1, -0.05) is 24.3 Å². The quantitative estimate of drug-likeness (QED) is 0.704. The van der Waals surface area contributed by atoms with Crippen molar-refractivity contribution >= 4 is 0 Å². The monoisotopic (exact) mass is 370 g/mol. The van der Waals surface area contributed by atoms with Crippen molar-refractivity contribution < 1.29 is 18.9 Å². The zero-order chi connectivity index (χ0) is 18.7. The molecule has 0 radical (unpaired) electrons. The second-order valence-electron chi connectivity index (χ2n) is 6.19. The van der Waals surface area contributed by atoms with Crippen LogP contribution in [0, 0.1) is 0 Å². The Balaban J connectivity index is 2.35. The molecule has 0 saturated carbocycles. The van der Waals surface area contributed by atoms with Crippen LogP contribution in [0.5, 0.6) is 0 Å². The first kappa shape index (κ1) is 23.3. The van der Waals surface area contributed by atoms with E-state index in [2.05, 4.69) is 34.1 Å². The molecule has 1 heterocycles. The van der Waals surface area contributed by atoms with Gasteiger partial charge in [0.05, 0.1) is 52.9 Å². The minimum Gasteiger partial charge on any atom is -0.378 e. The van der Waals surface area contributed by atoms with Crippen LogP contribution in [-0.4, -0.2) is 102 Å². The van der Waals surface area contributed by atoms with E-state index in [1.54, 1.807) is 0 Å². The summed E-state index contributed by atoms with van der Waals surface area (Å²) in [5, 5.41) is 0. The van der Waals surface area contributed by atoms with Crippen LogP contribution < -0.4 is 0 Å². The Hall–Kier alpha value is -0.760. The van der Waals surface area contributed by atoms with E-state index in [4.69, 9.17) is 18.9 Å². The first-order chi connectivity index (χ1) is 12.9. The van der Waals surface area contributed by atoms with Crippen LogP contribution in [-0.2, 0) is 18.9 Å². The van der Waals surface area contributed by atoms with Gasteiger partial charge in [-0.25, -0.2) is 0 Å². The highest BCUT2D eigenvalue weighted by atomic mass is 16.5. The Morgan fingerprint density at radius 1 is 0.538 bits per heavy atom. The molecule has 0 aromatic carbocycles. The van der Waals surface area contributed by atoms with E-state index in [-0.39, 0.29) is 0 Å². The molecule has 26 heavy (non-hydrogen) atoms. The highest BCUT2D eigenvalue weighted by molar-refractivity contribution is 4.81. The second kappa shape index (κ2) is 17.6. The van der Waals surface area contributed by atoms with Gasteiger partial charge >= 0.3 is 0 Å². The van der Waals surface area contributed by atoms with Crippen molar-refractivity contribution in [1.82, 2.24) is 9.80 Å². The van der Waals surface area contributed by atoms with E-state index in [0.717, 1.165) is 65.7 Å². The van der Waals surface area contributed by atoms with Gasteiger partial charge in [0.1, 0.15) is 0 Å². The molecule has 0 atom stereocenters. The van der Waals surface area contributed by atoms with Gasteiger partial charge < -0.3 is 18.9 Å². The lowest BCUT2D eigenvalue weighted by atomic mass is 10.4. The summed E-state index contributed by atoms with van der Waals surface area (Å²) in [4.78, 5) is 4.67. The van der Waals surface area contributed by atoms with E-state index in [9.17, 15) is 0 Å². The molecule has 1 aliphatic heterocycles. The molecule has 1 fully saturated rings. The highest BCUT2D eigenvalue weighted by Crippen LogP contribution is 1.95. The number of rotatable bonds is 4. The van der Waals surface area contributed by atoms with Gasteiger partial charge in [0.2, 0.25) is 0 Å². The normalized spacial score (nSPS) is 22.5. The van der Waals surface area contributed by atoms with Crippen molar-refractivity contribution in [3.05, 3.63) is 24.3 Å². The minimum atomic E-state index is 0.645. The predicted molar refractivity (Wildman–Crippen MR) is 106 cm³/mol. The maximum atomic E-state index is 5.70. The van der Waals surface area contributed by atoms with Crippen LogP contribution >= 0.6 is 0 Å². The number of ether oxygens (including phenoxy) is 4. The maximum Gasteiger partial charge on any atom is 0.0701 e. The number of allylic oxidation sites excluding steroid dienone is 2. The summed E-state index contributed by atoms with van der Waals surface area (Å²) in [5.41, 5.74) is 0. The van der Waals surface area contributed by atoms with Gasteiger partial charge in [0, 0.05) is 39.3 Å². The minimum absolute atomic E-state index is 0.645. The van der Waals surface area contributed by atoms with Crippen molar-refractivity contribution in [2.45, 2.75) is 13.8 Å². The number of nitrogens with zero attached hydrogens (tertiary/aromatic N) is 2. The van der Waals surface area contributed by atoms with Crippen LogP contribution in [0.25, 0.3) is 0 Å². The van der Waals surface area contributed by atoms with Crippen LogP contribution in [0.3, 0.4) is 0 Å². The van der Waals surface area contributed by atoms with Crippen molar-refractivity contribution in [1.29, 1.82) is 0 Å². The molecule has 0 spiro atoms. The first-order valence-corrected chi connectivity index (χ1v) is 9.84. The van der Waals surface area contributed by atoms with Crippen molar-refractivity contribution in [2.75, 3.05) is 92.1 Å². The zero-order valence-electron chi connectivity index (χ0n) is 16.7. The summed E-state index contributed by atoms with van der Waals surface area (Å²) in [5.74, 6) is 0. The van der Waals surface area contributed by atoms with Gasteiger partial charge in [-0.15, -0.1) is 0 Å². The summed E-state index contributed by atoms with van der Waals surface area (Å²) >= 11 is 0. The molecule has 0 aromatic heterocycles. The zero-order valence-corrected chi connectivity index (χ0v) is 16.7. The Morgan fingerprint density at radius 3 is 1.12 bits per heavy atom. The Morgan fingerprint density at radius 2 is 0.846 bits per heavy atom. The third kappa shape index (κ3) is 13.4. The first-order valence-electron chi connectivity index (χ1n) is 9.84.